The second-order valence-corrected chi connectivity index (χ2v) is 8.10. The van der Waals surface area contributed by atoms with Crippen LogP contribution in [0.5, 0.6) is 0 Å². The summed E-state index contributed by atoms with van der Waals surface area (Å²) in [6, 6.07) is 2.72. The fourth-order valence-electron chi connectivity index (χ4n) is 1.91. The molecule has 0 fully saturated rings. The van der Waals surface area contributed by atoms with Crippen LogP contribution in [-0.4, -0.2) is 47.6 Å². The number of carbonyl (C=O) groups excluding carboxylic acids is 2. The molecule has 1 aromatic rings. The average molecular weight is 387 g/mol. The Morgan fingerprint density at radius 1 is 1.29 bits per heavy atom. The van der Waals surface area contributed by atoms with Gasteiger partial charge in [-0.05, 0) is 59.6 Å². The van der Waals surface area contributed by atoms with Gasteiger partial charge in [0.05, 0.1) is 12.6 Å². The van der Waals surface area contributed by atoms with E-state index in [4.69, 9.17) is 9.47 Å². The van der Waals surface area contributed by atoms with Gasteiger partial charge in [-0.3, -0.25) is 4.99 Å². The number of hydrogen-bond acceptors (Lipinski definition) is 6. The normalized spacial score (nSPS) is 12.7. The maximum atomic E-state index is 11.9. The Balaban J connectivity index is 2.93. The second-order valence-electron chi connectivity index (χ2n) is 8.10. The molecule has 7 heteroatoms. The zero-order valence-corrected chi connectivity index (χ0v) is 17.6. The molecule has 1 amide bonds. The highest BCUT2D eigenvalue weighted by Gasteiger charge is 2.24. The van der Waals surface area contributed by atoms with Crippen LogP contribution in [0.15, 0.2) is 23.3 Å². The molecule has 152 valence electrons. The third-order valence-electron chi connectivity index (χ3n) is 3.12. The van der Waals surface area contributed by atoms with E-state index in [0.717, 1.165) is 5.56 Å². The fraction of sp³-hybridized carbons (Fsp3) is 0.524. The van der Waals surface area contributed by atoms with E-state index in [0.29, 0.717) is 5.69 Å². The summed E-state index contributed by atoms with van der Waals surface area (Å²) in [7, 11) is 1.25. The van der Waals surface area contributed by atoms with Crippen LogP contribution >= 0.6 is 0 Å². The van der Waals surface area contributed by atoms with Crippen LogP contribution in [0.2, 0.25) is 0 Å². The lowest BCUT2D eigenvalue weighted by atomic mass is 10.1. The van der Waals surface area contributed by atoms with Gasteiger partial charge in [0.25, 0.3) is 0 Å². The smallest absolute Gasteiger partial charge is 0.408 e. The number of carbonyl (C=O) groups is 2. The Labute approximate surface area is 166 Å². The van der Waals surface area contributed by atoms with E-state index >= 15 is 0 Å². The summed E-state index contributed by atoms with van der Waals surface area (Å²) >= 11 is 0. The van der Waals surface area contributed by atoms with Gasteiger partial charge in [0.2, 0.25) is 0 Å². The highest BCUT2D eigenvalue weighted by molar-refractivity contribution is 5.83. The summed E-state index contributed by atoms with van der Waals surface area (Å²) in [5.41, 5.74) is 0.426. The van der Waals surface area contributed by atoms with Crippen LogP contribution in [0.4, 0.5) is 4.79 Å². The molecule has 0 radical (unpaired) electrons. The second kappa shape index (κ2) is 9.88. The number of esters is 1. The highest BCUT2D eigenvalue weighted by atomic mass is 16.6. The number of nitrogens with zero attached hydrogens (tertiary/aromatic N) is 2. The number of ether oxygens (including phenoxy) is 2. The van der Waals surface area contributed by atoms with Gasteiger partial charge in [0.1, 0.15) is 17.3 Å². The highest BCUT2D eigenvalue weighted by Crippen LogP contribution is 2.09. The van der Waals surface area contributed by atoms with E-state index in [1.165, 1.54) is 7.11 Å². The molecule has 0 aromatic carbocycles. The van der Waals surface area contributed by atoms with Crippen LogP contribution in [0.1, 0.15) is 59.2 Å². The van der Waals surface area contributed by atoms with Gasteiger partial charge >= 0.3 is 12.1 Å². The molecule has 0 aliphatic heterocycles. The first-order valence-corrected chi connectivity index (χ1v) is 8.98. The molecule has 0 aliphatic rings. The number of hydrogen-bond donors (Lipinski definition) is 1. The molecule has 1 rings (SSSR count). The molecular weight excluding hydrogens is 358 g/mol. The lowest BCUT2D eigenvalue weighted by Gasteiger charge is -2.21. The van der Waals surface area contributed by atoms with E-state index in [9.17, 15) is 9.59 Å². The van der Waals surface area contributed by atoms with Crippen molar-refractivity contribution in [2.45, 2.75) is 65.1 Å². The summed E-state index contributed by atoms with van der Waals surface area (Å²) in [5, 5.41) is 2.49. The number of aromatic nitrogens is 1. The largest absolute Gasteiger partial charge is 0.467 e. The minimum Gasteiger partial charge on any atom is -0.467 e. The Morgan fingerprint density at radius 2 is 1.96 bits per heavy atom. The van der Waals surface area contributed by atoms with Crippen molar-refractivity contribution in [2.24, 2.45) is 4.99 Å². The maximum Gasteiger partial charge on any atom is 0.408 e. The van der Waals surface area contributed by atoms with Gasteiger partial charge in [0.15, 0.2) is 0 Å². The van der Waals surface area contributed by atoms with Gasteiger partial charge in [-0.2, -0.15) is 0 Å². The van der Waals surface area contributed by atoms with E-state index < -0.39 is 23.7 Å². The quantitative estimate of drug-likeness (QED) is 0.487. The summed E-state index contributed by atoms with van der Waals surface area (Å²) in [6.07, 6.45) is 2.71. The molecule has 0 bridgehead atoms. The number of pyridine rings is 1. The Kier molecular flexibility index (Phi) is 8.17. The number of nitrogens with one attached hydrogen (secondary N) is 1. The molecule has 1 atom stereocenters. The Hall–Kier alpha value is -2.88. The molecule has 0 spiro atoms. The van der Waals surface area contributed by atoms with Gasteiger partial charge in [0, 0.05) is 24.4 Å². The zero-order valence-electron chi connectivity index (χ0n) is 17.6. The number of rotatable bonds is 4. The number of alkyl carbamates (subject to hydrolysis) is 1. The molecule has 0 aliphatic carbocycles. The van der Waals surface area contributed by atoms with Gasteiger partial charge in [-0.15, -0.1) is 0 Å². The molecule has 1 heterocycles. The molecule has 0 saturated carbocycles. The summed E-state index contributed by atoms with van der Waals surface area (Å²) in [5.74, 6) is 5.20. The fourth-order valence-corrected chi connectivity index (χ4v) is 1.91. The van der Waals surface area contributed by atoms with Crippen molar-refractivity contribution in [3.8, 4) is 11.8 Å². The standard InChI is InChI=1S/C21H29N3O4/c1-20(2,3)23-14-15-10-9-13-22-16(15)11-8-12-17(18(25)27-7)24-19(26)28-21(4,5)6/h9-10,13-14,17H,12H2,1-7H3,(H,24,26). The summed E-state index contributed by atoms with van der Waals surface area (Å²) < 4.78 is 9.91. The number of methoxy groups -OCH3 is 1. The predicted molar refractivity (Wildman–Crippen MR) is 108 cm³/mol. The van der Waals surface area contributed by atoms with E-state index in [1.54, 1.807) is 39.2 Å². The van der Waals surface area contributed by atoms with E-state index in [-0.39, 0.29) is 12.0 Å². The van der Waals surface area contributed by atoms with Crippen LogP contribution in [0.25, 0.3) is 0 Å². The molecule has 1 aromatic heterocycles. The predicted octanol–water partition coefficient (Wildman–Crippen LogP) is 3.11. The Bertz CT molecular complexity index is 777. The van der Waals surface area contributed by atoms with Crippen molar-refractivity contribution in [2.75, 3.05) is 7.11 Å². The van der Waals surface area contributed by atoms with Crippen molar-refractivity contribution in [1.82, 2.24) is 10.3 Å². The first-order chi connectivity index (χ1) is 12.9. The van der Waals surface area contributed by atoms with Crippen LogP contribution in [0.3, 0.4) is 0 Å². The first kappa shape index (κ1) is 23.2. The SMILES string of the molecule is COC(=O)C(CC#Cc1ncccc1C=NC(C)(C)C)NC(=O)OC(C)(C)C. The maximum absolute atomic E-state index is 11.9. The molecule has 7 nitrogen and oxygen atoms in total. The number of amides is 1. The molecule has 1 unspecified atom stereocenters. The number of aliphatic imine (C=N–C) groups is 1. The van der Waals surface area contributed by atoms with Crippen molar-refractivity contribution < 1.29 is 19.1 Å². The summed E-state index contributed by atoms with van der Waals surface area (Å²) in [6.45, 7) is 11.2. The monoisotopic (exact) mass is 387 g/mol. The first-order valence-electron chi connectivity index (χ1n) is 8.98. The van der Waals surface area contributed by atoms with Crippen LogP contribution < -0.4 is 5.32 Å². The van der Waals surface area contributed by atoms with Gasteiger partial charge < -0.3 is 14.8 Å². The van der Waals surface area contributed by atoms with Gasteiger partial charge in [-0.25, -0.2) is 14.6 Å². The van der Waals surface area contributed by atoms with Crippen LogP contribution in [-0.2, 0) is 14.3 Å². The van der Waals surface area contributed by atoms with Crippen molar-refractivity contribution >= 4 is 18.3 Å². The molecule has 0 saturated heterocycles. The van der Waals surface area contributed by atoms with Crippen LogP contribution in [0, 0.1) is 11.8 Å². The van der Waals surface area contributed by atoms with E-state index in [2.05, 4.69) is 27.1 Å². The van der Waals surface area contributed by atoms with E-state index in [1.807, 2.05) is 26.8 Å². The van der Waals surface area contributed by atoms with Gasteiger partial charge in [-0.1, -0.05) is 5.92 Å². The third kappa shape index (κ3) is 9.17. The zero-order chi connectivity index (χ0) is 21.4. The van der Waals surface area contributed by atoms with Crippen molar-refractivity contribution in [3.63, 3.8) is 0 Å². The average Bonchev–Trinajstić information content (AvgIpc) is 2.57. The lowest BCUT2D eigenvalue weighted by molar-refractivity contribution is -0.143. The molecular formula is C21H29N3O4. The Morgan fingerprint density at radius 3 is 2.54 bits per heavy atom. The minimum absolute atomic E-state index is 0.0539. The third-order valence-corrected chi connectivity index (χ3v) is 3.12. The molecule has 1 N–H and O–H groups in total. The minimum atomic E-state index is -0.942. The van der Waals surface area contributed by atoms with Crippen molar-refractivity contribution in [1.29, 1.82) is 0 Å². The molecule has 28 heavy (non-hydrogen) atoms. The van der Waals surface area contributed by atoms with Crippen molar-refractivity contribution in [3.05, 3.63) is 29.6 Å². The summed E-state index contributed by atoms with van der Waals surface area (Å²) in [4.78, 5) is 32.6. The lowest BCUT2D eigenvalue weighted by Crippen LogP contribution is -2.43. The topological polar surface area (TPSA) is 89.9 Å².